The number of allylic oxidation sites excluding steroid dienone is 2. The van der Waals surface area contributed by atoms with Crippen LogP contribution in [0.1, 0.15) is 92.9 Å². The van der Waals surface area contributed by atoms with Crippen molar-refractivity contribution in [3.63, 3.8) is 0 Å². The van der Waals surface area contributed by atoms with Crippen molar-refractivity contribution < 1.29 is 58.8 Å². The summed E-state index contributed by atoms with van der Waals surface area (Å²) >= 11 is 0. The van der Waals surface area contributed by atoms with Crippen LogP contribution in [0, 0.1) is 23.7 Å². The Morgan fingerprint density at radius 3 is 1.09 bits per heavy atom. The first-order chi connectivity index (χ1) is 21.6. The van der Waals surface area contributed by atoms with Gasteiger partial charge >= 0.3 is 49.7 Å². The molecular formula is C34H62CaN2O10+2. The van der Waals surface area contributed by atoms with Crippen LogP contribution in [0.15, 0.2) is 24.3 Å². The molecule has 0 aliphatic rings. The van der Waals surface area contributed by atoms with Crippen LogP contribution in [0.5, 0.6) is 0 Å². The molecule has 0 fully saturated rings. The standard InChI is InChI=1S/2C17H31NO5.Ca/c2*1-4-5-6-7-8-9-10-18(13-19,11-14(2)16(20)21)12-15(3)17(22)23;/h2*7-8,14-15,19H,4-6,9-13H2,1-3H3,(H-,20,21,22,23);/q;;+2/b2*8-7+;. The number of hydrogen-bond donors (Lipinski definition) is 4. The molecule has 0 aliphatic carbocycles. The molecule has 0 aromatic rings. The average Bonchev–Trinajstić information content (AvgIpc) is 3.00. The van der Waals surface area contributed by atoms with Crippen LogP contribution in [0.25, 0.3) is 0 Å². The summed E-state index contributed by atoms with van der Waals surface area (Å²) in [5.41, 5.74) is 0. The Hall–Kier alpha value is -1.54. The molecule has 0 spiro atoms. The van der Waals surface area contributed by atoms with Crippen molar-refractivity contribution in [1.82, 2.24) is 0 Å². The van der Waals surface area contributed by atoms with Crippen molar-refractivity contribution in [2.24, 2.45) is 23.7 Å². The zero-order valence-corrected chi connectivity index (χ0v) is 32.0. The van der Waals surface area contributed by atoms with Gasteiger partial charge in [-0.25, -0.2) is 0 Å². The molecule has 12 nitrogen and oxygen atoms in total. The third-order valence-corrected chi connectivity index (χ3v) is 8.21. The van der Waals surface area contributed by atoms with Crippen LogP contribution < -0.4 is 10.2 Å². The van der Waals surface area contributed by atoms with E-state index in [2.05, 4.69) is 26.0 Å². The first-order valence-electron chi connectivity index (χ1n) is 16.6. The molecule has 4 N–H and O–H groups in total. The Kier molecular flexibility index (Phi) is 30.0. The fourth-order valence-electron chi connectivity index (χ4n) is 5.33. The summed E-state index contributed by atoms with van der Waals surface area (Å²) in [7, 11) is 0. The Morgan fingerprint density at radius 1 is 0.574 bits per heavy atom. The van der Waals surface area contributed by atoms with Crippen molar-refractivity contribution in [2.75, 3.05) is 52.7 Å². The summed E-state index contributed by atoms with van der Waals surface area (Å²) in [5.74, 6) is -7.04. The Balaban J connectivity index is -0.000000807. The molecular weight excluding hydrogens is 636 g/mol. The van der Waals surface area contributed by atoms with Crippen molar-refractivity contribution in [3.8, 4) is 0 Å². The van der Waals surface area contributed by atoms with Crippen LogP contribution >= 0.6 is 0 Å². The molecule has 0 rings (SSSR count). The average molecular weight is 699 g/mol. The van der Waals surface area contributed by atoms with Crippen LogP contribution in [0.3, 0.4) is 0 Å². The fourth-order valence-corrected chi connectivity index (χ4v) is 5.33. The van der Waals surface area contributed by atoms with Crippen molar-refractivity contribution in [1.29, 1.82) is 0 Å². The summed E-state index contributed by atoms with van der Waals surface area (Å²) in [6.07, 6.45) is 16.0. The predicted molar refractivity (Wildman–Crippen MR) is 178 cm³/mol. The molecule has 0 amide bonds. The molecule has 0 saturated carbocycles. The number of carboxylic acid groups (broad SMARTS) is 4. The predicted octanol–water partition coefficient (Wildman–Crippen LogP) is 1.61. The number of rotatable bonds is 26. The molecule has 47 heavy (non-hydrogen) atoms. The van der Waals surface area contributed by atoms with Gasteiger partial charge in [0.25, 0.3) is 0 Å². The molecule has 6 unspecified atom stereocenters. The number of aliphatic hydroxyl groups excluding tert-OH is 2. The number of quaternary nitrogens is 2. The molecule has 0 heterocycles. The molecule has 6 atom stereocenters. The summed E-state index contributed by atoms with van der Waals surface area (Å²) in [6, 6.07) is 0. The van der Waals surface area contributed by atoms with E-state index in [1.165, 1.54) is 13.8 Å². The minimum atomic E-state index is -1.18. The maximum Gasteiger partial charge on any atom is 2.00 e. The van der Waals surface area contributed by atoms with E-state index in [9.17, 15) is 39.6 Å². The van der Waals surface area contributed by atoms with Crippen molar-refractivity contribution in [3.05, 3.63) is 24.3 Å². The monoisotopic (exact) mass is 698 g/mol. The molecule has 0 bridgehead atoms. The summed E-state index contributed by atoms with van der Waals surface area (Å²) in [4.78, 5) is 44.3. The summed E-state index contributed by atoms with van der Waals surface area (Å²) in [6.45, 7) is 11.6. The first kappa shape index (κ1) is 49.8. The van der Waals surface area contributed by atoms with Gasteiger partial charge in [0.1, 0.15) is 11.8 Å². The molecule has 0 aliphatic heterocycles. The third-order valence-electron chi connectivity index (χ3n) is 8.21. The van der Waals surface area contributed by atoms with Crippen LogP contribution in [0.4, 0.5) is 0 Å². The van der Waals surface area contributed by atoms with Gasteiger partial charge in [-0.2, -0.15) is 0 Å². The van der Waals surface area contributed by atoms with Gasteiger partial charge in [-0.3, -0.25) is 18.6 Å². The topological polar surface area (TPSA) is 195 Å². The minimum Gasteiger partial charge on any atom is -0.550 e. The van der Waals surface area contributed by atoms with E-state index in [0.717, 1.165) is 38.5 Å². The van der Waals surface area contributed by atoms with Gasteiger partial charge in [0.15, 0.2) is 13.5 Å². The summed E-state index contributed by atoms with van der Waals surface area (Å²) < 4.78 is 0.113. The minimum absolute atomic E-state index is 0. The van der Waals surface area contributed by atoms with Gasteiger partial charge in [-0.1, -0.05) is 77.7 Å². The van der Waals surface area contributed by atoms with E-state index >= 15 is 0 Å². The second kappa shape index (κ2) is 28.3. The molecule has 268 valence electrons. The molecule has 0 aromatic carbocycles. The Morgan fingerprint density at radius 2 is 0.851 bits per heavy atom. The molecule has 0 radical (unpaired) electrons. The van der Waals surface area contributed by atoms with E-state index in [0.29, 0.717) is 25.9 Å². The number of unbranched alkanes of at least 4 members (excludes halogenated alkanes) is 4. The van der Waals surface area contributed by atoms with Crippen molar-refractivity contribution >= 4 is 61.6 Å². The van der Waals surface area contributed by atoms with Gasteiger partial charge in [0.2, 0.25) is 0 Å². The Bertz CT molecular complexity index is 826. The van der Waals surface area contributed by atoms with E-state index in [1.54, 1.807) is 13.8 Å². The number of carbonyl (C=O) groups excluding carboxylic acids is 2. The maximum absolute atomic E-state index is 11.1. The van der Waals surface area contributed by atoms with Crippen LogP contribution in [0.2, 0.25) is 0 Å². The van der Waals surface area contributed by atoms with Gasteiger partial charge < -0.3 is 40.2 Å². The van der Waals surface area contributed by atoms with E-state index in [4.69, 9.17) is 10.2 Å². The van der Waals surface area contributed by atoms with Crippen LogP contribution in [-0.4, -0.2) is 144 Å². The van der Waals surface area contributed by atoms with Gasteiger partial charge in [0.05, 0.1) is 39.3 Å². The molecule has 13 heteroatoms. The number of carbonyl (C=O) groups is 4. The Labute approximate surface area is 312 Å². The van der Waals surface area contributed by atoms with Crippen molar-refractivity contribution in [2.45, 2.75) is 92.9 Å². The maximum atomic E-state index is 11.1. The summed E-state index contributed by atoms with van der Waals surface area (Å²) in [5, 5.41) is 59.9. The smallest absolute Gasteiger partial charge is 0.550 e. The quantitative estimate of drug-likeness (QED) is 0.0339. The molecule has 0 aromatic heterocycles. The first-order valence-corrected chi connectivity index (χ1v) is 16.6. The van der Waals surface area contributed by atoms with Crippen LogP contribution in [-0.2, 0) is 19.2 Å². The number of aliphatic carboxylic acids is 4. The van der Waals surface area contributed by atoms with E-state index in [-0.39, 0.29) is 86.3 Å². The molecule has 0 saturated heterocycles. The van der Waals surface area contributed by atoms with E-state index in [1.807, 2.05) is 12.2 Å². The number of carboxylic acids is 4. The number of hydrogen-bond acceptors (Lipinski definition) is 8. The number of nitrogens with zero attached hydrogens (tertiary/aromatic N) is 2. The van der Waals surface area contributed by atoms with Gasteiger partial charge in [0, 0.05) is 36.6 Å². The largest absolute Gasteiger partial charge is 2.00 e. The fraction of sp³-hybridized carbons (Fsp3) is 0.765. The zero-order valence-electron chi connectivity index (χ0n) is 29.8. The second-order valence-electron chi connectivity index (χ2n) is 12.9. The number of aliphatic hydroxyl groups is 2. The SMILES string of the molecule is CCCC/C=C/CC[N+](CO)(CC(C)C(=O)[O-])CC(C)C(=O)O.CCCC/C=C/CC[N+](CO)(CC(C)C(=O)[O-])CC(C)C(=O)O.[Ca+2]. The zero-order chi connectivity index (χ0) is 35.8. The normalized spacial score (nSPS) is 16.5. The van der Waals surface area contributed by atoms with Gasteiger partial charge in [-0.15, -0.1) is 0 Å². The van der Waals surface area contributed by atoms with E-state index < -0.39 is 47.5 Å². The second-order valence-corrected chi connectivity index (χ2v) is 12.9. The van der Waals surface area contributed by atoms with Gasteiger partial charge in [-0.05, 0) is 26.7 Å². The third kappa shape index (κ3) is 23.5.